The molecule has 0 amide bonds. The average molecular weight is 460 g/mol. The number of aromatic nitrogens is 4. The van der Waals surface area contributed by atoms with Crippen LogP contribution in [0.15, 0.2) is 24.1 Å². The van der Waals surface area contributed by atoms with E-state index in [1.807, 2.05) is 5.38 Å². The van der Waals surface area contributed by atoms with E-state index in [2.05, 4.69) is 73.4 Å². The number of nitrogen functional groups attached to an aromatic ring is 1. The minimum absolute atomic E-state index is 0.0678. The van der Waals surface area contributed by atoms with Crippen LogP contribution in [-0.2, 0) is 9.16 Å². The van der Waals surface area contributed by atoms with Crippen molar-refractivity contribution >= 4 is 36.5 Å². The first-order chi connectivity index (χ1) is 14.5. The van der Waals surface area contributed by atoms with Gasteiger partial charge in [0.1, 0.15) is 22.8 Å². The first kappa shape index (κ1) is 22.4. The van der Waals surface area contributed by atoms with Crippen molar-refractivity contribution in [2.24, 2.45) is 5.92 Å². The Morgan fingerprint density at radius 1 is 1.26 bits per heavy atom. The number of hydrogen-bond acceptors (Lipinski definition) is 7. The van der Waals surface area contributed by atoms with Gasteiger partial charge in [0.2, 0.25) is 0 Å². The van der Waals surface area contributed by atoms with E-state index in [9.17, 15) is 0 Å². The number of fused-ring (bicyclic) bond motifs is 1. The van der Waals surface area contributed by atoms with E-state index >= 15 is 0 Å². The van der Waals surface area contributed by atoms with E-state index < -0.39 is 8.32 Å². The highest BCUT2D eigenvalue weighted by Gasteiger charge is 2.49. The lowest BCUT2D eigenvalue weighted by atomic mass is 9.99. The molecule has 3 aromatic rings. The van der Waals surface area contributed by atoms with E-state index in [1.165, 1.54) is 6.33 Å². The third kappa shape index (κ3) is 3.81. The molecule has 1 saturated heterocycles. The molecule has 0 spiro atoms. The predicted molar refractivity (Wildman–Crippen MR) is 128 cm³/mol. The standard InChI is InChI=1S/C22H33N5O2SSi/c1-8-15-13(2)17(29-31(6,7)22(3,4)5)21(28-15)27-11-14(20-24-9-10-30-20)16-18(23)25-12-26-19(16)27/h9-13,15,17,21H,8H2,1-7H3,(H2,23,25,26)/t13?,15-,17+,21-/m1/s1. The fraction of sp³-hybridized carbons (Fsp3) is 0.591. The quantitative estimate of drug-likeness (QED) is 0.509. The molecule has 0 saturated carbocycles. The first-order valence-electron chi connectivity index (χ1n) is 10.9. The summed E-state index contributed by atoms with van der Waals surface area (Å²) in [4.78, 5) is 13.3. The van der Waals surface area contributed by atoms with E-state index in [0.29, 0.717) is 5.82 Å². The fourth-order valence-corrected chi connectivity index (χ4v) is 6.07. The molecule has 0 bridgehead atoms. The number of hydrogen-bond donors (Lipinski definition) is 1. The number of nitrogens with two attached hydrogens (primary N) is 1. The molecule has 1 unspecified atom stereocenters. The summed E-state index contributed by atoms with van der Waals surface area (Å²) < 4.78 is 15.7. The minimum Gasteiger partial charge on any atom is -0.409 e. The van der Waals surface area contributed by atoms with Crippen LogP contribution in [0.5, 0.6) is 0 Å². The minimum atomic E-state index is -2.01. The van der Waals surface area contributed by atoms with E-state index in [-0.39, 0.29) is 29.4 Å². The van der Waals surface area contributed by atoms with Gasteiger partial charge in [-0.2, -0.15) is 0 Å². The van der Waals surface area contributed by atoms with Crippen molar-refractivity contribution in [3.8, 4) is 10.6 Å². The van der Waals surface area contributed by atoms with Crippen LogP contribution in [0, 0.1) is 5.92 Å². The predicted octanol–water partition coefficient (Wildman–Crippen LogP) is 5.47. The van der Waals surface area contributed by atoms with Gasteiger partial charge in [-0.15, -0.1) is 11.3 Å². The molecule has 31 heavy (non-hydrogen) atoms. The Labute approximate surface area is 189 Å². The molecule has 7 nitrogen and oxygen atoms in total. The fourth-order valence-electron chi connectivity index (χ4n) is 4.05. The molecule has 4 heterocycles. The van der Waals surface area contributed by atoms with Gasteiger partial charge >= 0.3 is 0 Å². The Hall–Kier alpha value is -1.81. The highest BCUT2D eigenvalue weighted by atomic mass is 32.1. The van der Waals surface area contributed by atoms with Crippen molar-refractivity contribution in [2.75, 3.05) is 5.73 Å². The van der Waals surface area contributed by atoms with Gasteiger partial charge in [-0.1, -0.05) is 34.6 Å². The Morgan fingerprint density at radius 2 is 2.00 bits per heavy atom. The molecule has 1 aliphatic rings. The number of thiazole rings is 1. The molecule has 1 fully saturated rings. The normalized spacial score (nSPS) is 24.9. The van der Waals surface area contributed by atoms with E-state index in [0.717, 1.165) is 28.0 Å². The van der Waals surface area contributed by atoms with Crippen molar-refractivity contribution < 1.29 is 9.16 Å². The zero-order valence-corrected chi connectivity index (χ0v) is 21.2. The first-order valence-corrected chi connectivity index (χ1v) is 14.7. The second kappa shape index (κ2) is 7.95. The smallest absolute Gasteiger partial charge is 0.192 e. The van der Waals surface area contributed by atoms with Crippen LogP contribution in [0.3, 0.4) is 0 Å². The van der Waals surface area contributed by atoms with Crippen LogP contribution in [0.1, 0.15) is 47.3 Å². The zero-order chi connectivity index (χ0) is 22.6. The maximum atomic E-state index is 6.96. The van der Waals surface area contributed by atoms with Crippen LogP contribution < -0.4 is 5.73 Å². The van der Waals surface area contributed by atoms with Crippen molar-refractivity contribution in [3.63, 3.8) is 0 Å². The molecule has 0 radical (unpaired) electrons. The maximum Gasteiger partial charge on any atom is 0.192 e. The summed E-state index contributed by atoms with van der Waals surface area (Å²) in [5.41, 5.74) is 7.99. The van der Waals surface area contributed by atoms with Crippen LogP contribution in [-0.4, -0.2) is 40.0 Å². The highest BCUT2D eigenvalue weighted by molar-refractivity contribution is 7.13. The molecule has 0 aromatic carbocycles. The van der Waals surface area contributed by atoms with E-state index in [1.54, 1.807) is 17.5 Å². The van der Waals surface area contributed by atoms with Crippen LogP contribution >= 0.6 is 11.3 Å². The second-order valence-corrected chi connectivity index (χ2v) is 15.6. The Bertz CT molecular complexity index is 1060. The SMILES string of the molecule is CC[C@H]1O[C@@H](n2cc(-c3nccs3)c3c(N)ncnc32)[C@@H](O[Si](C)(C)C(C)(C)C)C1C. The lowest BCUT2D eigenvalue weighted by Crippen LogP contribution is -2.46. The molecular weight excluding hydrogens is 426 g/mol. The molecule has 0 aliphatic carbocycles. The second-order valence-electron chi connectivity index (χ2n) is 9.92. The molecule has 4 atom stereocenters. The van der Waals surface area contributed by atoms with Crippen LogP contribution in [0.4, 0.5) is 5.82 Å². The number of ether oxygens (including phenoxy) is 1. The summed E-state index contributed by atoms with van der Waals surface area (Å²) in [5.74, 6) is 0.720. The monoisotopic (exact) mass is 459 g/mol. The van der Waals surface area contributed by atoms with Crippen molar-refractivity contribution in [3.05, 3.63) is 24.1 Å². The largest absolute Gasteiger partial charge is 0.409 e. The highest BCUT2D eigenvalue weighted by Crippen LogP contribution is 2.46. The molecule has 4 rings (SSSR count). The molecule has 168 valence electrons. The number of anilines is 1. The van der Waals surface area contributed by atoms with Crippen molar-refractivity contribution in [1.82, 2.24) is 19.5 Å². The Balaban J connectivity index is 1.84. The van der Waals surface area contributed by atoms with Gasteiger partial charge in [0.05, 0.1) is 17.6 Å². The molecule has 3 aromatic heterocycles. The third-order valence-corrected chi connectivity index (χ3v) is 12.2. The molecule has 2 N–H and O–H groups in total. The topological polar surface area (TPSA) is 88.1 Å². The van der Waals surface area contributed by atoms with Gasteiger partial charge in [-0.05, 0) is 24.6 Å². The summed E-state index contributed by atoms with van der Waals surface area (Å²) in [6, 6.07) is 0. The Kier molecular flexibility index (Phi) is 5.74. The zero-order valence-electron chi connectivity index (χ0n) is 19.4. The summed E-state index contributed by atoms with van der Waals surface area (Å²) in [7, 11) is -2.01. The van der Waals surface area contributed by atoms with Crippen LogP contribution in [0.25, 0.3) is 21.6 Å². The lowest BCUT2D eigenvalue weighted by Gasteiger charge is -2.40. The third-order valence-electron chi connectivity index (χ3n) is 6.91. The number of rotatable bonds is 5. The van der Waals surface area contributed by atoms with E-state index in [4.69, 9.17) is 14.9 Å². The molecule has 1 aliphatic heterocycles. The molecular formula is C22H33N5O2SSi. The Morgan fingerprint density at radius 3 is 2.61 bits per heavy atom. The summed E-state index contributed by atoms with van der Waals surface area (Å²) in [5, 5.41) is 3.78. The van der Waals surface area contributed by atoms with Gasteiger partial charge in [-0.25, -0.2) is 15.0 Å². The number of nitrogens with zero attached hydrogens (tertiary/aromatic N) is 4. The summed E-state index contributed by atoms with van der Waals surface area (Å²) in [6.07, 6.45) is 6.09. The van der Waals surface area contributed by atoms with Crippen molar-refractivity contribution in [1.29, 1.82) is 0 Å². The lowest BCUT2D eigenvalue weighted by molar-refractivity contribution is -0.0318. The maximum absolute atomic E-state index is 6.96. The van der Waals surface area contributed by atoms with Crippen LogP contribution in [0.2, 0.25) is 18.1 Å². The van der Waals surface area contributed by atoms with Gasteiger partial charge in [-0.3, -0.25) is 0 Å². The summed E-state index contributed by atoms with van der Waals surface area (Å²) in [6.45, 7) is 15.8. The molecule has 9 heteroatoms. The van der Waals surface area contributed by atoms with Crippen molar-refractivity contribution in [2.45, 2.75) is 77.6 Å². The van der Waals surface area contributed by atoms with Gasteiger partial charge in [0.15, 0.2) is 14.5 Å². The van der Waals surface area contributed by atoms with Gasteiger partial charge < -0.3 is 19.5 Å². The van der Waals surface area contributed by atoms with Gasteiger partial charge in [0.25, 0.3) is 0 Å². The van der Waals surface area contributed by atoms with Gasteiger partial charge in [0, 0.05) is 29.3 Å². The summed E-state index contributed by atoms with van der Waals surface area (Å²) >= 11 is 1.57. The average Bonchev–Trinajstić information content (AvgIpc) is 3.40.